The zero-order valence-electron chi connectivity index (χ0n) is 16.4. The highest BCUT2D eigenvalue weighted by Crippen LogP contribution is 2.23. The molecule has 0 unspecified atom stereocenters. The molecule has 3 N–H and O–H groups in total. The van der Waals surface area contributed by atoms with Gasteiger partial charge in [-0.25, -0.2) is 0 Å². The van der Waals surface area contributed by atoms with Gasteiger partial charge in [0.25, 0.3) is 5.91 Å². The number of H-pyrrole nitrogens is 1. The number of nitrogens with one attached hydrogen (secondary N) is 3. The third-order valence-electron chi connectivity index (χ3n) is 4.92. The lowest BCUT2D eigenvalue weighted by atomic mass is 10.1. The highest BCUT2D eigenvalue weighted by atomic mass is 16.2. The van der Waals surface area contributed by atoms with Crippen LogP contribution in [0.4, 0.5) is 5.69 Å². The third-order valence-corrected chi connectivity index (χ3v) is 4.92. The molecule has 0 aliphatic heterocycles. The Bertz CT molecular complexity index is 1020. The standard InChI is InChI=1S/C22H25N3O2/c1-12-8-13(2)21(14(3)9-12)25-20(26)11-23-22(27)17-6-7-19-18(10-17)15(4)16(5)24-19/h6-10,24H,11H2,1-5H3,(H,23,27)(H,25,26). The zero-order chi connectivity index (χ0) is 19.7. The number of aryl methyl sites for hydroxylation is 5. The van der Waals surface area contributed by atoms with Crippen LogP contribution >= 0.6 is 0 Å². The molecular weight excluding hydrogens is 338 g/mol. The molecule has 3 aromatic rings. The monoisotopic (exact) mass is 363 g/mol. The minimum Gasteiger partial charge on any atom is -0.358 e. The van der Waals surface area contributed by atoms with Gasteiger partial charge in [-0.05, 0) is 69.5 Å². The van der Waals surface area contributed by atoms with Crippen LogP contribution in [0.2, 0.25) is 0 Å². The summed E-state index contributed by atoms with van der Waals surface area (Å²) >= 11 is 0. The second-order valence-electron chi connectivity index (χ2n) is 7.14. The van der Waals surface area contributed by atoms with Gasteiger partial charge in [0.15, 0.2) is 0 Å². The topological polar surface area (TPSA) is 74.0 Å². The minimum atomic E-state index is -0.261. The largest absolute Gasteiger partial charge is 0.358 e. The van der Waals surface area contributed by atoms with E-state index in [4.69, 9.17) is 0 Å². The number of carbonyl (C=O) groups excluding carboxylic acids is 2. The summed E-state index contributed by atoms with van der Waals surface area (Å²) in [5, 5.41) is 6.62. The summed E-state index contributed by atoms with van der Waals surface area (Å²) in [5.41, 5.74) is 7.74. The van der Waals surface area contributed by atoms with E-state index in [1.54, 1.807) is 6.07 Å². The molecule has 0 bridgehead atoms. The Hall–Kier alpha value is -3.08. The molecule has 0 atom stereocenters. The predicted octanol–water partition coefficient (Wildman–Crippen LogP) is 4.08. The lowest BCUT2D eigenvalue weighted by Gasteiger charge is -2.13. The van der Waals surface area contributed by atoms with Gasteiger partial charge in [-0.3, -0.25) is 9.59 Å². The van der Waals surface area contributed by atoms with Crippen molar-refractivity contribution in [1.82, 2.24) is 10.3 Å². The summed E-state index contributed by atoms with van der Waals surface area (Å²) in [6, 6.07) is 9.56. The summed E-state index contributed by atoms with van der Waals surface area (Å²) < 4.78 is 0. The van der Waals surface area contributed by atoms with E-state index in [1.807, 2.05) is 58.9 Å². The van der Waals surface area contributed by atoms with Gasteiger partial charge in [-0.1, -0.05) is 17.7 Å². The fourth-order valence-electron chi connectivity index (χ4n) is 3.43. The van der Waals surface area contributed by atoms with Crippen molar-refractivity contribution in [2.75, 3.05) is 11.9 Å². The van der Waals surface area contributed by atoms with Crippen LogP contribution in [-0.2, 0) is 4.79 Å². The van der Waals surface area contributed by atoms with Crippen LogP contribution in [-0.4, -0.2) is 23.3 Å². The molecule has 0 saturated heterocycles. The Balaban J connectivity index is 1.67. The summed E-state index contributed by atoms with van der Waals surface area (Å²) in [6.07, 6.45) is 0. The molecule has 1 heterocycles. The number of rotatable bonds is 4. The molecule has 3 rings (SSSR count). The number of anilines is 1. The first kappa shape index (κ1) is 18.7. The highest BCUT2D eigenvalue weighted by Gasteiger charge is 2.13. The van der Waals surface area contributed by atoms with E-state index in [2.05, 4.69) is 15.6 Å². The number of aromatic nitrogens is 1. The molecular formula is C22H25N3O2. The molecule has 140 valence electrons. The number of hydrogen-bond donors (Lipinski definition) is 3. The normalized spacial score (nSPS) is 10.9. The van der Waals surface area contributed by atoms with Crippen molar-refractivity contribution in [3.05, 3.63) is 63.8 Å². The zero-order valence-corrected chi connectivity index (χ0v) is 16.4. The number of amides is 2. The maximum atomic E-state index is 12.4. The highest BCUT2D eigenvalue weighted by molar-refractivity contribution is 6.02. The lowest BCUT2D eigenvalue weighted by molar-refractivity contribution is -0.115. The van der Waals surface area contributed by atoms with E-state index in [9.17, 15) is 9.59 Å². The smallest absolute Gasteiger partial charge is 0.251 e. The fraction of sp³-hybridized carbons (Fsp3) is 0.273. The van der Waals surface area contributed by atoms with Crippen LogP contribution in [0.5, 0.6) is 0 Å². The Morgan fingerprint density at radius 1 is 0.963 bits per heavy atom. The lowest BCUT2D eigenvalue weighted by Crippen LogP contribution is -2.33. The first-order chi connectivity index (χ1) is 12.8. The van der Waals surface area contributed by atoms with Gasteiger partial charge in [0.1, 0.15) is 0 Å². The number of carbonyl (C=O) groups is 2. The van der Waals surface area contributed by atoms with E-state index in [0.29, 0.717) is 5.56 Å². The molecule has 5 heteroatoms. The SMILES string of the molecule is Cc1cc(C)c(NC(=O)CNC(=O)c2ccc3[nH]c(C)c(C)c3c2)c(C)c1. The minimum absolute atomic E-state index is 0.0746. The molecule has 0 aliphatic rings. The van der Waals surface area contributed by atoms with Gasteiger partial charge in [0.2, 0.25) is 5.91 Å². The molecule has 0 fully saturated rings. The first-order valence-electron chi connectivity index (χ1n) is 9.01. The van der Waals surface area contributed by atoms with Crippen molar-refractivity contribution in [2.24, 2.45) is 0 Å². The Labute approximate surface area is 159 Å². The fourth-order valence-corrected chi connectivity index (χ4v) is 3.43. The maximum absolute atomic E-state index is 12.4. The van der Waals surface area contributed by atoms with E-state index in [-0.39, 0.29) is 18.4 Å². The van der Waals surface area contributed by atoms with Crippen molar-refractivity contribution in [2.45, 2.75) is 34.6 Å². The Kier molecular flexibility index (Phi) is 5.04. The van der Waals surface area contributed by atoms with E-state index >= 15 is 0 Å². The molecule has 27 heavy (non-hydrogen) atoms. The summed E-state index contributed by atoms with van der Waals surface area (Å²) in [5.74, 6) is -0.504. The van der Waals surface area contributed by atoms with Gasteiger partial charge in [-0.2, -0.15) is 0 Å². The molecule has 2 aromatic carbocycles. The number of fused-ring (bicyclic) bond motifs is 1. The molecule has 0 saturated carbocycles. The van der Waals surface area contributed by atoms with Crippen LogP contribution in [0.15, 0.2) is 30.3 Å². The molecule has 1 aromatic heterocycles. The molecule has 0 radical (unpaired) electrons. The van der Waals surface area contributed by atoms with Crippen molar-refractivity contribution in [1.29, 1.82) is 0 Å². The van der Waals surface area contributed by atoms with Gasteiger partial charge < -0.3 is 15.6 Å². The van der Waals surface area contributed by atoms with E-state index < -0.39 is 0 Å². The maximum Gasteiger partial charge on any atom is 0.251 e. The average molecular weight is 363 g/mol. The van der Waals surface area contributed by atoms with Crippen molar-refractivity contribution in [3.63, 3.8) is 0 Å². The van der Waals surface area contributed by atoms with Crippen LogP contribution in [0.3, 0.4) is 0 Å². The van der Waals surface area contributed by atoms with Crippen LogP contribution in [0.1, 0.15) is 38.3 Å². The summed E-state index contributed by atoms with van der Waals surface area (Å²) in [7, 11) is 0. The van der Waals surface area contributed by atoms with E-state index in [1.165, 1.54) is 0 Å². The van der Waals surface area contributed by atoms with E-state index in [0.717, 1.165) is 44.5 Å². The van der Waals surface area contributed by atoms with Gasteiger partial charge in [0, 0.05) is 27.8 Å². The molecule has 5 nitrogen and oxygen atoms in total. The second-order valence-corrected chi connectivity index (χ2v) is 7.14. The number of benzene rings is 2. The van der Waals surface area contributed by atoms with Gasteiger partial charge in [0.05, 0.1) is 6.54 Å². The van der Waals surface area contributed by atoms with Crippen molar-refractivity contribution >= 4 is 28.4 Å². The molecule has 0 spiro atoms. The first-order valence-corrected chi connectivity index (χ1v) is 9.01. The quantitative estimate of drug-likeness (QED) is 0.653. The summed E-state index contributed by atoms with van der Waals surface area (Å²) in [6.45, 7) is 9.91. The van der Waals surface area contributed by atoms with Crippen LogP contribution in [0.25, 0.3) is 10.9 Å². The molecule has 0 aliphatic carbocycles. The van der Waals surface area contributed by atoms with Crippen LogP contribution < -0.4 is 10.6 Å². The summed E-state index contributed by atoms with van der Waals surface area (Å²) in [4.78, 5) is 28.0. The predicted molar refractivity (Wildman–Crippen MR) is 109 cm³/mol. The van der Waals surface area contributed by atoms with Crippen molar-refractivity contribution in [3.8, 4) is 0 Å². The second kappa shape index (κ2) is 7.27. The van der Waals surface area contributed by atoms with Crippen LogP contribution in [0, 0.1) is 34.6 Å². The van der Waals surface area contributed by atoms with Crippen molar-refractivity contribution < 1.29 is 9.59 Å². The molecule has 2 amide bonds. The van der Waals surface area contributed by atoms with Gasteiger partial charge >= 0.3 is 0 Å². The number of hydrogen-bond acceptors (Lipinski definition) is 2. The average Bonchev–Trinajstić information content (AvgIpc) is 2.90. The Morgan fingerprint density at radius 3 is 2.30 bits per heavy atom. The Morgan fingerprint density at radius 2 is 1.63 bits per heavy atom. The number of aromatic amines is 1. The van der Waals surface area contributed by atoms with Gasteiger partial charge in [-0.15, -0.1) is 0 Å². The third kappa shape index (κ3) is 3.87.